The van der Waals surface area contributed by atoms with Gasteiger partial charge in [-0.15, -0.1) is 0 Å². The summed E-state index contributed by atoms with van der Waals surface area (Å²) in [5.74, 6) is 1.75. The first-order chi connectivity index (χ1) is 9.11. The summed E-state index contributed by atoms with van der Waals surface area (Å²) in [6, 6.07) is 0.172. The predicted octanol–water partition coefficient (Wildman–Crippen LogP) is 0.896. The van der Waals surface area contributed by atoms with Crippen LogP contribution in [0.15, 0.2) is 4.52 Å². The molecule has 0 spiro atoms. The Balaban J connectivity index is 1.91. The van der Waals surface area contributed by atoms with Gasteiger partial charge in [0.25, 0.3) is 0 Å². The van der Waals surface area contributed by atoms with Gasteiger partial charge in [0.2, 0.25) is 11.8 Å². The summed E-state index contributed by atoms with van der Waals surface area (Å²) in [4.78, 5) is 18.3. The monoisotopic (exact) mass is 266 g/mol. The van der Waals surface area contributed by atoms with Crippen molar-refractivity contribution in [2.24, 2.45) is 11.7 Å². The number of piperidine rings is 1. The van der Waals surface area contributed by atoms with Crippen molar-refractivity contribution in [3.05, 3.63) is 11.7 Å². The van der Waals surface area contributed by atoms with Gasteiger partial charge in [0.15, 0.2) is 5.82 Å². The van der Waals surface area contributed by atoms with Crippen LogP contribution in [-0.2, 0) is 11.2 Å². The third-order valence-electron chi connectivity index (χ3n) is 3.80. The SMILES string of the molecule is Cc1noc(CCC(=O)N2CCC[C@@H](C)[C@@H]2CN)n1. The summed E-state index contributed by atoms with van der Waals surface area (Å²) in [6.07, 6.45) is 3.12. The first kappa shape index (κ1) is 14.0. The maximum atomic E-state index is 12.3. The molecule has 0 bridgehead atoms. The van der Waals surface area contributed by atoms with E-state index in [2.05, 4.69) is 17.1 Å². The fourth-order valence-corrected chi connectivity index (χ4v) is 2.72. The summed E-state index contributed by atoms with van der Waals surface area (Å²) in [5.41, 5.74) is 5.80. The summed E-state index contributed by atoms with van der Waals surface area (Å²) in [5, 5.41) is 3.72. The van der Waals surface area contributed by atoms with Gasteiger partial charge in [-0.25, -0.2) is 0 Å². The smallest absolute Gasteiger partial charge is 0.227 e. The van der Waals surface area contributed by atoms with Crippen molar-refractivity contribution >= 4 is 5.91 Å². The molecule has 1 fully saturated rings. The van der Waals surface area contributed by atoms with Crippen molar-refractivity contribution in [2.45, 2.75) is 45.6 Å². The lowest BCUT2D eigenvalue weighted by molar-refractivity contribution is -0.136. The highest BCUT2D eigenvalue weighted by Crippen LogP contribution is 2.23. The maximum Gasteiger partial charge on any atom is 0.227 e. The van der Waals surface area contributed by atoms with Gasteiger partial charge in [-0.3, -0.25) is 4.79 Å². The summed E-state index contributed by atoms with van der Waals surface area (Å²) in [6.45, 7) is 5.28. The standard InChI is InChI=1S/C13H22N4O2/c1-9-4-3-7-17(11(9)8-14)13(18)6-5-12-15-10(2)16-19-12/h9,11H,3-8,14H2,1-2H3/t9-,11+/m1/s1. The summed E-state index contributed by atoms with van der Waals surface area (Å²) in [7, 11) is 0. The molecule has 2 heterocycles. The Hall–Kier alpha value is -1.43. The van der Waals surface area contributed by atoms with Crippen LogP contribution in [0.1, 0.15) is 37.9 Å². The molecule has 0 aromatic carbocycles. The highest BCUT2D eigenvalue weighted by molar-refractivity contribution is 5.76. The van der Waals surface area contributed by atoms with E-state index in [0.717, 1.165) is 19.4 Å². The van der Waals surface area contributed by atoms with E-state index in [4.69, 9.17) is 10.3 Å². The van der Waals surface area contributed by atoms with Gasteiger partial charge in [-0.05, 0) is 25.7 Å². The van der Waals surface area contributed by atoms with E-state index in [0.29, 0.717) is 37.0 Å². The van der Waals surface area contributed by atoms with Crippen LogP contribution in [0.5, 0.6) is 0 Å². The Bertz CT molecular complexity index is 432. The molecule has 1 saturated heterocycles. The molecule has 2 N–H and O–H groups in total. The van der Waals surface area contributed by atoms with Crippen LogP contribution in [0.2, 0.25) is 0 Å². The third kappa shape index (κ3) is 3.32. The molecule has 2 atom stereocenters. The molecule has 0 unspecified atom stereocenters. The first-order valence-corrected chi connectivity index (χ1v) is 6.90. The molecule has 19 heavy (non-hydrogen) atoms. The van der Waals surface area contributed by atoms with Crippen LogP contribution in [0.3, 0.4) is 0 Å². The number of amides is 1. The second-order valence-electron chi connectivity index (χ2n) is 5.25. The number of carbonyl (C=O) groups is 1. The van der Waals surface area contributed by atoms with Crippen LogP contribution >= 0.6 is 0 Å². The molecular formula is C13H22N4O2. The molecule has 6 nitrogen and oxygen atoms in total. The van der Waals surface area contributed by atoms with Crippen molar-refractivity contribution < 1.29 is 9.32 Å². The van der Waals surface area contributed by atoms with Crippen LogP contribution in [0.4, 0.5) is 0 Å². The zero-order valence-corrected chi connectivity index (χ0v) is 11.6. The Morgan fingerprint density at radius 1 is 1.58 bits per heavy atom. The van der Waals surface area contributed by atoms with E-state index in [9.17, 15) is 4.79 Å². The summed E-state index contributed by atoms with van der Waals surface area (Å²) >= 11 is 0. The van der Waals surface area contributed by atoms with Crippen molar-refractivity contribution in [3.63, 3.8) is 0 Å². The van der Waals surface area contributed by atoms with Crippen molar-refractivity contribution in [1.82, 2.24) is 15.0 Å². The normalized spacial score (nSPS) is 23.6. The zero-order valence-electron chi connectivity index (χ0n) is 11.6. The molecule has 6 heteroatoms. The van der Waals surface area contributed by atoms with Crippen molar-refractivity contribution in [1.29, 1.82) is 0 Å². The number of likely N-dealkylation sites (tertiary alicyclic amines) is 1. The lowest BCUT2D eigenvalue weighted by atomic mass is 9.90. The number of nitrogens with two attached hydrogens (primary N) is 1. The molecule has 106 valence electrons. The van der Waals surface area contributed by atoms with E-state index in [-0.39, 0.29) is 11.9 Å². The number of aryl methyl sites for hydroxylation is 2. The van der Waals surface area contributed by atoms with Crippen LogP contribution < -0.4 is 5.73 Å². The molecule has 0 aliphatic carbocycles. The minimum absolute atomic E-state index is 0.137. The van der Waals surface area contributed by atoms with Gasteiger partial charge >= 0.3 is 0 Å². The fourth-order valence-electron chi connectivity index (χ4n) is 2.72. The van der Waals surface area contributed by atoms with E-state index in [1.807, 2.05) is 4.90 Å². The average molecular weight is 266 g/mol. The molecule has 1 aromatic rings. The third-order valence-corrected chi connectivity index (χ3v) is 3.80. The lowest BCUT2D eigenvalue weighted by Gasteiger charge is -2.39. The number of hydrogen-bond acceptors (Lipinski definition) is 5. The maximum absolute atomic E-state index is 12.3. The van der Waals surface area contributed by atoms with Gasteiger partial charge in [-0.2, -0.15) is 4.98 Å². The van der Waals surface area contributed by atoms with Gasteiger partial charge in [0.05, 0.1) is 0 Å². The van der Waals surface area contributed by atoms with Crippen molar-refractivity contribution in [3.8, 4) is 0 Å². The van der Waals surface area contributed by atoms with Gasteiger partial charge in [-0.1, -0.05) is 12.1 Å². The highest BCUT2D eigenvalue weighted by Gasteiger charge is 2.30. The average Bonchev–Trinajstić information content (AvgIpc) is 2.81. The quantitative estimate of drug-likeness (QED) is 0.875. The molecular weight excluding hydrogens is 244 g/mol. The van der Waals surface area contributed by atoms with E-state index in [1.54, 1.807) is 6.92 Å². The Kier molecular flexibility index (Phi) is 4.52. The number of nitrogens with zero attached hydrogens (tertiary/aromatic N) is 3. The first-order valence-electron chi connectivity index (χ1n) is 6.90. The number of aromatic nitrogens is 2. The minimum atomic E-state index is 0.137. The number of rotatable bonds is 4. The molecule has 1 amide bonds. The molecule has 2 rings (SSSR count). The second kappa shape index (κ2) is 6.14. The predicted molar refractivity (Wildman–Crippen MR) is 70.3 cm³/mol. The fraction of sp³-hybridized carbons (Fsp3) is 0.769. The van der Waals surface area contributed by atoms with Gasteiger partial charge in [0, 0.05) is 32.0 Å². The Morgan fingerprint density at radius 2 is 2.37 bits per heavy atom. The molecule has 0 saturated carbocycles. The van der Waals surface area contributed by atoms with Crippen LogP contribution in [0.25, 0.3) is 0 Å². The Morgan fingerprint density at radius 3 is 3.00 bits per heavy atom. The van der Waals surface area contributed by atoms with Crippen LogP contribution in [-0.4, -0.2) is 40.1 Å². The van der Waals surface area contributed by atoms with E-state index in [1.165, 1.54) is 0 Å². The molecule has 0 radical (unpaired) electrons. The number of carbonyl (C=O) groups excluding carboxylic acids is 1. The van der Waals surface area contributed by atoms with Gasteiger partial charge in [0.1, 0.15) is 0 Å². The van der Waals surface area contributed by atoms with Crippen LogP contribution in [0, 0.1) is 12.8 Å². The highest BCUT2D eigenvalue weighted by atomic mass is 16.5. The lowest BCUT2D eigenvalue weighted by Crippen LogP contribution is -2.51. The second-order valence-corrected chi connectivity index (χ2v) is 5.25. The molecule has 1 aliphatic heterocycles. The zero-order chi connectivity index (χ0) is 13.8. The molecule has 1 aliphatic rings. The topological polar surface area (TPSA) is 85.2 Å². The summed E-state index contributed by atoms with van der Waals surface area (Å²) < 4.78 is 5.02. The minimum Gasteiger partial charge on any atom is -0.339 e. The largest absolute Gasteiger partial charge is 0.339 e. The van der Waals surface area contributed by atoms with E-state index < -0.39 is 0 Å². The molecule has 1 aromatic heterocycles. The van der Waals surface area contributed by atoms with E-state index >= 15 is 0 Å². The Labute approximate surface area is 113 Å². The van der Waals surface area contributed by atoms with Gasteiger partial charge < -0.3 is 15.2 Å². The van der Waals surface area contributed by atoms with Crippen molar-refractivity contribution in [2.75, 3.05) is 13.1 Å². The number of hydrogen-bond donors (Lipinski definition) is 1.